The molecule has 0 saturated carbocycles. The van der Waals surface area contributed by atoms with Crippen molar-refractivity contribution in [2.75, 3.05) is 10.8 Å². The number of sulfonamides is 1. The number of nitrogens with zero attached hydrogens (tertiary/aromatic N) is 2. The van der Waals surface area contributed by atoms with Crippen molar-refractivity contribution >= 4 is 62.3 Å². The third kappa shape index (κ3) is 8.19. The summed E-state index contributed by atoms with van der Waals surface area (Å²) in [5, 5.41) is 3.97. The summed E-state index contributed by atoms with van der Waals surface area (Å²) in [5.74, 6) is -0.897. The van der Waals surface area contributed by atoms with Crippen LogP contribution >= 0.6 is 34.8 Å². The van der Waals surface area contributed by atoms with Gasteiger partial charge < -0.3 is 10.2 Å². The average Bonchev–Trinajstić information content (AvgIpc) is 2.95. The van der Waals surface area contributed by atoms with Crippen LogP contribution in [0.2, 0.25) is 15.1 Å². The lowest BCUT2D eigenvalue weighted by atomic mass is 10.1. The van der Waals surface area contributed by atoms with E-state index in [1.807, 2.05) is 20.8 Å². The molecule has 0 radical (unpaired) electrons. The molecule has 3 rings (SSSR count). The first-order valence-corrected chi connectivity index (χ1v) is 16.2. The van der Waals surface area contributed by atoms with Crippen LogP contribution in [-0.2, 0) is 26.2 Å². The van der Waals surface area contributed by atoms with Crippen molar-refractivity contribution in [3.05, 3.63) is 92.4 Å². The molecule has 2 amide bonds. The van der Waals surface area contributed by atoms with Crippen LogP contribution in [0.25, 0.3) is 0 Å². The van der Waals surface area contributed by atoms with Gasteiger partial charge in [0.15, 0.2) is 0 Å². The first kappa shape index (κ1) is 33.7. The fourth-order valence-corrected chi connectivity index (χ4v) is 6.20. The number of benzene rings is 3. The van der Waals surface area contributed by atoms with Gasteiger partial charge in [0.05, 0.1) is 20.6 Å². The van der Waals surface area contributed by atoms with E-state index in [1.54, 1.807) is 56.3 Å². The third-order valence-corrected chi connectivity index (χ3v) is 9.99. The highest BCUT2D eigenvalue weighted by Gasteiger charge is 2.34. The van der Waals surface area contributed by atoms with Gasteiger partial charge in [0, 0.05) is 17.6 Å². The molecule has 0 fully saturated rings. The van der Waals surface area contributed by atoms with Gasteiger partial charge in [-0.15, -0.1) is 0 Å². The number of anilines is 1. The monoisotopic (exact) mass is 651 g/mol. The zero-order valence-corrected chi connectivity index (χ0v) is 27.4. The Bertz CT molecular complexity index is 1530. The van der Waals surface area contributed by atoms with E-state index in [9.17, 15) is 18.0 Å². The van der Waals surface area contributed by atoms with Gasteiger partial charge in [-0.25, -0.2) is 8.42 Å². The highest BCUT2D eigenvalue weighted by molar-refractivity contribution is 7.92. The van der Waals surface area contributed by atoms with Crippen LogP contribution in [0.4, 0.5) is 5.69 Å². The van der Waals surface area contributed by atoms with E-state index in [4.69, 9.17) is 34.8 Å². The minimum atomic E-state index is -4.20. The highest BCUT2D eigenvalue weighted by atomic mass is 35.5. The predicted molar refractivity (Wildman–Crippen MR) is 171 cm³/mol. The Morgan fingerprint density at radius 1 is 0.857 bits per heavy atom. The van der Waals surface area contributed by atoms with Crippen molar-refractivity contribution in [2.24, 2.45) is 0 Å². The van der Waals surface area contributed by atoms with Crippen molar-refractivity contribution in [3.8, 4) is 0 Å². The van der Waals surface area contributed by atoms with Crippen molar-refractivity contribution in [1.82, 2.24) is 10.2 Å². The standard InChI is InChI=1S/C31H36Cl3N3O4S/c1-6-22(5)35-31(39)29(7-2)36(18-23-11-15-26(32)28(34)16-23)30(38)19-37(24-12-10-21(4)27(33)17-24)42(40,41)25-13-8-20(3)9-14-25/h8-17,22,29H,6-7,18-19H2,1-5H3,(H,35,39)/t22-,29+/m0/s1. The number of amides is 2. The molecule has 3 aromatic rings. The Morgan fingerprint density at radius 3 is 2.10 bits per heavy atom. The number of nitrogens with one attached hydrogen (secondary N) is 1. The summed E-state index contributed by atoms with van der Waals surface area (Å²) in [7, 11) is -4.20. The van der Waals surface area contributed by atoms with E-state index in [0.717, 1.165) is 15.4 Å². The fourth-order valence-electron chi connectivity index (χ4n) is 4.30. The normalized spacial score (nSPS) is 12.9. The van der Waals surface area contributed by atoms with Crippen LogP contribution in [-0.4, -0.2) is 43.8 Å². The molecule has 0 saturated heterocycles. The molecule has 0 aliphatic heterocycles. The molecule has 226 valence electrons. The first-order chi connectivity index (χ1) is 19.8. The Kier molecular flexibility index (Phi) is 11.7. The molecule has 0 aliphatic carbocycles. The number of rotatable bonds is 12. The summed E-state index contributed by atoms with van der Waals surface area (Å²) in [6.45, 7) is 8.73. The molecule has 0 bridgehead atoms. The van der Waals surface area contributed by atoms with Gasteiger partial charge in [-0.05, 0) is 81.1 Å². The lowest BCUT2D eigenvalue weighted by molar-refractivity contribution is -0.140. The molecule has 1 N–H and O–H groups in total. The van der Waals surface area contributed by atoms with Crippen LogP contribution < -0.4 is 9.62 Å². The summed E-state index contributed by atoms with van der Waals surface area (Å²) in [6.07, 6.45) is 1.01. The zero-order valence-electron chi connectivity index (χ0n) is 24.3. The Labute approximate surface area is 263 Å². The number of carbonyl (C=O) groups excluding carboxylic acids is 2. The van der Waals surface area contributed by atoms with Crippen LogP contribution in [0.15, 0.2) is 65.6 Å². The van der Waals surface area contributed by atoms with Crippen molar-refractivity contribution in [3.63, 3.8) is 0 Å². The number of hydrogen-bond donors (Lipinski definition) is 1. The second kappa shape index (κ2) is 14.6. The summed E-state index contributed by atoms with van der Waals surface area (Å²) >= 11 is 18.8. The SMILES string of the molecule is CC[C@H](C(=O)N[C@@H](C)CC)N(Cc1ccc(Cl)c(Cl)c1)C(=O)CN(c1ccc(C)c(Cl)c1)S(=O)(=O)c1ccc(C)cc1. The van der Waals surface area contributed by atoms with Crippen LogP contribution in [0.3, 0.4) is 0 Å². The maximum atomic E-state index is 14.2. The topological polar surface area (TPSA) is 86.8 Å². The van der Waals surface area contributed by atoms with Gasteiger partial charge in [-0.3, -0.25) is 13.9 Å². The predicted octanol–water partition coefficient (Wildman–Crippen LogP) is 7.18. The maximum absolute atomic E-state index is 14.2. The quantitative estimate of drug-likeness (QED) is 0.225. The number of halogens is 3. The second-order valence-electron chi connectivity index (χ2n) is 10.3. The molecule has 11 heteroatoms. The lowest BCUT2D eigenvalue weighted by Crippen LogP contribution is -2.53. The maximum Gasteiger partial charge on any atom is 0.264 e. The molecular weight excluding hydrogens is 617 g/mol. The lowest BCUT2D eigenvalue weighted by Gasteiger charge is -2.34. The molecule has 0 aliphatic rings. The Balaban J connectivity index is 2.10. The van der Waals surface area contributed by atoms with Gasteiger partial charge in [0.1, 0.15) is 12.6 Å². The van der Waals surface area contributed by atoms with Crippen LogP contribution in [0, 0.1) is 13.8 Å². The van der Waals surface area contributed by atoms with E-state index >= 15 is 0 Å². The molecule has 3 aromatic carbocycles. The van der Waals surface area contributed by atoms with Gasteiger partial charge >= 0.3 is 0 Å². The molecule has 0 aromatic heterocycles. The van der Waals surface area contributed by atoms with Gasteiger partial charge in [0.25, 0.3) is 10.0 Å². The summed E-state index contributed by atoms with van der Waals surface area (Å²) < 4.78 is 29.0. The average molecular weight is 653 g/mol. The minimum Gasteiger partial charge on any atom is -0.352 e. The number of aryl methyl sites for hydroxylation is 2. The summed E-state index contributed by atoms with van der Waals surface area (Å²) in [4.78, 5) is 29.0. The molecule has 42 heavy (non-hydrogen) atoms. The Hall–Kier alpha value is -2.78. The third-order valence-electron chi connectivity index (χ3n) is 7.06. The molecule has 0 heterocycles. The minimum absolute atomic E-state index is 0.00915. The molecular formula is C31H36Cl3N3O4S. The molecule has 7 nitrogen and oxygen atoms in total. The highest BCUT2D eigenvalue weighted by Crippen LogP contribution is 2.29. The smallest absolute Gasteiger partial charge is 0.264 e. The van der Waals surface area contributed by atoms with Crippen molar-refractivity contribution in [2.45, 2.75) is 71.0 Å². The first-order valence-electron chi connectivity index (χ1n) is 13.7. The Morgan fingerprint density at radius 2 is 1.52 bits per heavy atom. The van der Waals surface area contributed by atoms with E-state index in [2.05, 4.69) is 5.32 Å². The van der Waals surface area contributed by atoms with Gasteiger partial charge in [-0.1, -0.05) is 78.5 Å². The zero-order chi connectivity index (χ0) is 31.2. The van der Waals surface area contributed by atoms with Crippen molar-refractivity contribution < 1.29 is 18.0 Å². The van der Waals surface area contributed by atoms with E-state index in [0.29, 0.717) is 33.5 Å². The van der Waals surface area contributed by atoms with E-state index in [1.165, 1.54) is 23.1 Å². The van der Waals surface area contributed by atoms with Crippen molar-refractivity contribution in [1.29, 1.82) is 0 Å². The molecule has 2 atom stereocenters. The second-order valence-corrected chi connectivity index (χ2v) is 13.4. The number of hydrogen-bond acceptors (Lipinski definition) is 4. The summed E-state index contributed by atoms with van der Waals surface area (Å²) in [5.41, 5.74) is 2.51. The van der Waals surface area contributed by atoms with Gasteiger partial charge in [0.2, 0.25) is 11.8 Å². The largest absolute Gasteiger partial charge is 0.352 e. The van der Waals surface area contributed by atoms with Crippen LogP contribution in [0.1, 0.15) is 50.3 Å². The van der Waals surface area contributed by atoms with E-state index in [-0.39, 0.29) is 29.1 Å². The summed E-state index contributed by atoms with van der Waals surface area (Å²) in [6, 6.07) is 15.2. The van der Waals surface area contributed by atoms with Crippen LogP contribution in [0.5, 0.6) is 0 Å². The number of carbonyl (C=O) groups is 2. The van der Waals surface area contributed by atoms with E-state index < -0.39 is 28.5 Å². The molecule has 0 unspecified atom stereocenters. The fraction of sp³-hybridized carbons (Fsp3) is 0.355. The van der Waals surface area contributed by atoms with Gasteiger partial charge in [-0.2, -0.15) is 0 Å². The molecule has 0 spiro atoms.